The predicted octanol–water partition coefficient (Wildman–Crippen LogP) is 5.29. The summed E-state index contributed by atoms with van der Waals surface area (Å²) >= 11 is 0. The van der Waals surface area contributed by atoms with Crippen LogP contribution in [0.1, 0.15) is 36.6 Å². The molecule has 0 bridgehead atoms. The van der Waals surface area contributed by atoms with Crippen LogP contribution in [0.15, 0.2) is 72.3 Å². The minimum atomic E-state index is -0.877. The summed E-state index contributed by atoms with van der Waals surface area (Å²) in [5, 5.41) is 11.5. The number of amides is 1. The van der Waals surface area contributed by atoms with Crippen LogP contribution in [0.4, 0.5) is 4.39 Å². The monoisotopic (exact) mass is 519 g/mol. The first-order chi connectivity index (χ1) is 18.2. The number of likely N-dealkylation sites (tertiary alicyclic amines) is 1. The molecule has 0 spiro atoms. The van der Waals surface area contributed by atoms with Crippen molar-refractivity contribution in [2.45, 2.75) is 32.4 Å². The van der Waals surface area contributed by atoms with Crippen LogP contribution in [0.3, 0.4) is 0 Å². The van der Waals surface area contributed by atoms with Crippen molar-refractivity contribution in [2.75, 3.05) is 20.8 Å². The van der Waals surface area contributed by atoms with Crippen molar-refractivity contribution in [1.29, 1.82) is 0 Å². The summed E-state index contributed by atoms with van der Waals surface area (Å²) in [6.45, 7) is 4.00. The molecule has 1 unspecified atom stereocenters. The van der Waals surface area contributed by atoms with E-state index >= 15 is 0 Å². The van der Waals surface area contributed by atoms with Gasteiger partial charge in [0.1, 0.15) is 34.4 Å². The molecule has 1 atom stereocenters. The first kappa shape index (κ1) is 26.7. The predicted molar refractivity (Wildman–Crippen MR) is 141 cm³/mol. The van der Waals surface area contributed by atoms with Gasteiger partial charge in [-0.15, -0.1) is 0 Å². The number of hydrogen-bond donors (Lipinski definition) is 1. The van der Waals surface area contributed by atoms with Gasteiger partial charge in [0.25, 0.3) is 11.7 Å². The van der Waals surface area contributed by atoms with Gasteiger partial charge in [0.2, 0.25) is 0 Å². The Morgan fingerprint density at radius 2 is 1.55 bits per heavy atom. The number of aliphatic hydroxyl groups is 1. The number of ether oxygens (including phenoxy) is 3. The standard InChI is InChI=1S/C30H30FNO6/c1-18(2)38-22-14-10-20(11-15-22)27-26(28(33)25-23(36-3)6-5-7-24(25)37-4)29(34)30(35)32(27)17-16-19-8-12-21(31)13-9-19/h5-15,18,27,33H,16-17H2,1-4H3/b28-26+. The topological polar surface area (TPSA) is 85.3 Å². The van der Waals surface area contributed by atoms with E-state index in [0.29, 0.717) is 29.2 Å². The minimum Gasteiger partial charge on any atom is -0.506 e. The van der Waals surface area contributed by atoms with E-state index in [-0.39, 0.29) is 29.6 Å². The molecule has 1 aliphatic rings. The Morgan fingerprint density at radius 1 is 0.947 bits per heavy atom. The van der Waals surface area contributed by atoms with Crippen molar-refractivity contribution < 1.29 is 33.3 Å². The lowest BCUT2D eigenvalue weighted by Crippen LogP contribution is -2.31. The van der Waals surface area contributed by atoms with Crippen molar-refractivity contribution in [2.24, 2.45) is 0 Å². The lowest BCUT2D eigenvalue weighted by atomic mass is 9.94. The summed E-state index contributed by atoms with van der Waals surface area (Å²) in [5.41, 5.74) is 1.53. The minimum absolute atomic E-state index is 0.0276. The molecule has 1 N–H and O–H groups in total. The number of aliphatic hydroxyl groups excluding tert-OH is 1. The van der Waals surface area contributed by atoms with Gasteiger partial charge in [-0.1, -0.05) is 30.3 Å². The van der Waals surface area contributed by atoms with Crippen LogP contribution >= 0.6 is 0 Å². The van der Waals surface area contributed by atoms with Crippen LogP contribution in [0.2, 0.25) is 0 Å². The lowest BCUT2D eigenvalue weighted by Gasteiger charge is -2.26. The number of Topliss-reactive ketones (excluding diaryl/α,β-unsaturated/α-hetero) is 1. The zero-order chi connectivity index (χ0) is 27.4. The molecule has 0 radical (unpaired) electrons. The first-order valence-electron chi connectivity index (χ1n) is 12.3. The Balaban J connectivity index is 1.83. The van der Waals surface area contributed by atoms with Crippen LogP contribution in [-0.4, -0.2) is 48.6 Å². The smallest absolute Gasteiger partial charge is 0.295 e. The fourth-order valence-electron chi connectivity index (χ4n) is 4.58. The highest BCUT2D eigenvalue weighted by molar-refractivity contribution is 6.46. The van der Waals surface area contributed by atoms with Crippen molar-refractivity contribution in [1.82, 2.24) is 4.90 Å². The number of methoxy groups -OCH3 is 2. The molecular formula is C30H30FNO6. The molecule has 1 saturated heterocycles. The SMILES string of the molecule is COc1cccc(OC)c1/C(O)=C1\C(=O)C(=O)N(CCc2ccc(F)cc2)C1c1ccc(OC(C)C)cc1. The van der Waals surface area contributed by atoms with Crippen molar-refractivity contribution in [3.05, 3.63) is 94.8 Å². The maximum atomic E-state index is 13.4. The van der Waals surface area contributed by atoms with E-state index in [1.165, 1.54) is 31.3 Å². The van der Waals surface area contributed by atoms with E-state index in [9.17, 15) is 19.1 Å². The molecule has 0 aliphatic carbocycles. The fourth-order valence-corrected chi connectivity index (χ4v) is 4.58. The van der Waals surface area contributed by atoms with Crippen LogP contribution in [0.25, 0.3) is 5.76 Å². The number of benzene rings is 3. The largest absolute Gasteiger partial charge is 0.506 e. The summed E-state index contributed by atoms with van der Waals surface area (Å²) in [6.07, 6.45) is 0.358. The number of ketones is 1. The zero-order valence-electron chi connectivity index (χ0n) is 21.7. The molecule has 8 heteroatoms. The maximum Gasteiger partial charge on any atom is 0.295 e. The quantitative estimate of drug-likeness (QED) is 0.235. The number of nitrogens with zero attached hydrogens (tertiary/aromatic N) is 1. The summed E-state index contributed by atoms with van der Waals surface area (Å²) in [5.74, 6) is -1.09. The zero-order valence-corrected chi connectivity index (χ0v) is 21.7. The number of carbonyl (C=O) groups is 2. The second-order valence-corrected chi connectivity index (χ2v) is 9.14. The molecule has 0 saturated carbocycles. The molecule has 1 amide bonds. The third-order valence-electron chi connectivity index (χ3n) is 6.33. The number of carbonyl (C=O) groups excluding carboxylic acids is 2. The van der Waals surface area contributed by atoms with Crippen molar-refractivity contribution in [3.63, 3.8) is 0 Å². The summed E-state index contributed by atoms with van der Waals surface area (Å²) in [6, 6.07) is 17.1. The van der Waals surface area contributed by atoms with Gasteiger partial charge in [0.15, 0.2) is 0 Å². The van der Waals surface area contributed by atoms with Crippen LogP contribution in [-0.2, 0) is 16.0 Å². The number of rotatable bonds is 9. The maximum absolute atomic E-state index is 13.4. The second-order valence-electron chi connectivity index (χ2n) is 9.14. The van der Waals surface area contributed by atoms with Crippen LogP contribution < -0.4 is 14.2 Å². The Labute approximate surface area is 221 Å². The van der Waals surface area contributed by atoms with Crippen molar-refractivity contribution in [3.8, 4) is 17.2 Å². The van der Waals surface area contributed by atoms with Gasteiger partial charge in [-0.25, -0.2) is 4.39 Å². The molecule has 1 aliphatic heterocycles. The molecule has 3 aromatic rings. The Morgan fingerprint density at radius 3 is 2.11 bits per heavy atom. The number of halogens is 1. The third-order valence-corrected chi connectivity index (χ3v) is 6.33. The second kappa shape index (κ2) is 11.4. The molecule has 0 aromatic heterocycles. The molecule has 1 fully saturated rings. The molecular weight excluding hydrogens is 489 g/mol. The third kappa shape index (κ3) is 5.34. The average Bonchev–Trinajstić information content (AvgIpc) is 3.17. The summed E-state index contributed by atoms with van der Waals surface area (Å²) < 4.78 is 30.0. The first-order valence-corrected chi connectivity index (χ1v) is 12.3. The van der Waals surface area contributed by atoms with Crippen LogP contribution in [0, 0.1) is 5.82 Å². The van der Waals surface area contributed by atoms with E-state index in [2.05, 4.69) is 0 Å². The lowest BCUT2D eigenvalue weighted by molar-refractivity contribution is -0.139. The van der Waals surface area contributed by atoms with E-state index in [4.69, 9.17) is 14.2 Å². The Hall–Kier alpha value is -4.33. The van der Waals surface area contributed by atoms with Crippen LogP contribution in [0.5, 0.6) is 17.2 Å². The highest BCUT2D eigenvalue weighted by Gasteiger charge is 2.46. The van der Waals surface area contributed by atoms with Gasteiger partial charge >= 0.3 is 0 Å². The highest BCUT2D eigenvalue weighted by atomic mass is 19.1. The molecule has 198 valence electrons. The Kier molecular flexibility index (Phi) is 8.00. The summed E-state index contributed by atoms with van der Waals surface area (Å²) in [4.78, 5) is 28.2. The average molecular weight is 520 g/mol. The van der Waals surface area contributed by atoms with Gasteiger partial charge in [-0.3, -0.25) is 9.59 Å². The van der Waals surface area contributed by atoms with Gasteiger partial charge < -0.3 is 24.2 Å². The van der Waals surface area contributed by atoms with E-state index < -0.39 is 23.5 Å². The van der Waals surface area contributed by atoms with Gasteiger partial charge in [0, 0.05) is 6.54 Å². The van der Waals surface area contributed by atoms with E-state index in [1.807, 2.05) is 13.8 Å². The molecule has 4 rings (SSSR count). The molecule has 3 aromatic carbocycles. The normalized spacial score (nSPS) is 16.7. The highest BCUT2D eigenvalue weighted by Crippen LogP contribution is 2.43. The molecule has 7 nitrogen and oxygen atoms in total. The molecule has 1 heterocycles. The van der Waals surface area contributed by atoms with Gasteiger partial charge in [0.05, 0.1) is 31.9 Å². The molecule has 38 heavy (non-hydrogen) atoms. The van der Waals surface area contributed by atoms with E-state index in [0.717, 1.165) is 5.56 Å². The van der Waals surface area contributed by atoms with Gasteiger partial charge in [-0.05, 0) is 67.8 Å². The van der Waals surface area contributed by atoms with E-state index in [1.54, 1.807) is 54.6 Å². The van der Waals surface area contributed by atoms with Gasteiger partial charge in [-0.2, -0.15) is 0 Å². The fraction of sp³-hybridized carbons (Fsp3) is 0.267. The summed E-state index contributed by atoms with van der Waals surface area (Å²) in [7, 11) is 2.88. The Bertz CT molecular complexity index is 1330. The number of hydrogen-bond acceptors (Lipinski definition) is 6. The van der Waals surface area contributed by atoms with Crippen molar-refractivity contribution >= 4 is 17.4 Å².